The Kier molecular flexibility index (Phi) is 4.71. The molecule has 4 nitrogen and oxygen atoms in total. The molecule has 1 fully saturated rings. The van der Waals surface area contributed by atoms with Crippen molar-refractivity contribution in [1.82, 2.24) is 5.32 Å². The van der Waals surface area contributed by atoms with Crippen molar-refractivity contribution in [2.45, 2.75) is 38.1 Å². The highest BCUT2D eigenvalue weighted by molar-refractivity contribution is 5.80. The molecule has 108 valence electrons. The van der Waals surface area contributed by atoms with Crippen LogP contribution in [0.25, 0.3) is 0 Å². The molecule has 1 aromatic carbocycles. The SMILES string of the molecule is O=C(Cc1cccc(F)c1)NC1CCCCC1C(=O)O. The van der Waals surface area contributed by atoms with Crippen LogP contribution in [0.1, 0.15) is 31.2 Å². The maximum absolute atomic E-state index is 13.0. The Hall–Kier alpha value is -1.91. The lowest BCUT2D eigenvalue weighted by Gasteiger charge is -2.29. The van der Waals surface area contributed by atoms with Crippen LogP contribution in [0, 0.1) is 11.7 Å². The third kappa shape index (κ3) is 3.79. The quantitative estimate of drug-likeness (QED) is 0.887. The molecule has 2 atom stereocenters. The fourth-order valence-corrected chi connectivity index (χ4v) is 2.69. The number of aliphatic carboxylic acids is 1. The number of carbonyl (C=O) groups is 2. The molecule has 2 N–H and O–H groups in total. The normalized spacial score (nSPS) is 22.2. The zero-order chi connectivity index (χ0) is 14.5. The lowest BCUT2D eigenvalue weighted by molar-refractivity contribution is -0.144. The molecule has 0 saturated heterocycles. The molecule has 0 aliphatic heterocycles. The van der Waals surface area contributed by atoms with Crippen LogP contribution < -0.4 is 5.32 Å². The van der Waals surface area contributed by atoms with Gasteiger partial charge < -0.3 is 10.4 Å². The molecule has 1 aliphatic carbocycles. The molecule has 0 heterocycles. The van der Waals surface area contributed by atoms with Gasteiger partial charge in [0.25, 0.3) is 0 Å². The summed E-state index contributed by atoms with van der Waals surface area (Å²) >= 11 is 0. The van der Waals surface area contributed by atoms with Crippen molar-refractivity contribution in [2.24, 2.45) is 5.92 Å². The van der Waals surface area contributed by atoms with E-state index < -0.39 is 11.9 Å². The van der Waals surface area contributed by atoms with Gasteiger partial charge in [-0.3, -0.25) is 9.59 Å². The number of amides is 1. The predicted octanol–water partition coefficient (Wildman–Crippen LogP) is 2.13. The Morgan fingerprint density at radius 2 is 2.05 bits per heavy atom. The van der Waals surface area contributed by atoms with Crippen LogP contribution in [0.3, 0.4) is 0 Å². The van der Waals surface area contributed by atoms with Crippen LogP contribution in [-0.2, 0) is 16.0 Å². The predicted molar refractivity (Wildman–Crippen MR) is 71.6 cm³/mol. The number of halogens is 1. The van der Waals surface area contributed by atoms with Gasteiger partial charge in [0.2, 0.25) is 5.91 Å². The van der Waals surface area contributed by atoms with Crippen molar-refractivity contribution in [3.8, 4) is 0 Å². The third-order valence-corrected chi connectivity index (χ3v) is 3.68. The molecule has 0 aromatic heterocycles. The Morgan fingerprint density at radius 1 is 1.30 bits per heavy atom. The fourth-order valence-electron chi connectivity index (χ4n) is 2.69. The monoisotopic (exact) mass is 279 g/mol. The van der Waals surface area contributed by atoms with Crippen molar-refractivity contribution >= 4 is 11.9 Å². The van der Waals surface area contributed by atoms with Crippen LogP contribution in [-0.4, -0.2) is 23.0 Å². The third-order valence-electron chi connectivity index (χ3n) is 3.68. The van der Waals surface area contributed by atoms with Crippen LogP contribution in [0.5, 0.6) is 0 Å². The number of carboxylic acids is 1. The summed E-state index contributed by atoms with van der Waals surface area (Å²) < 4.78 is 13.0. The number of benzene rings is 1. The molecule has 1 aromatic rings. The van der Waals surface area contributed by atoms with E-state index in [0.717, 1.165) is 12.8 Å². The van der Waals surface area contributed by atoms with Crippen molar-refractivity contribution in [1.29, 1.82) is 0 Å². The number of hydrogen-bond donors (Lipinski definition) is 2. The van der Waals surface area contributed by atoms with E-state index >= 15 is 0 Å². The molecule has 2 unspecified atom stereocenters. The maximum Gasteiger partial charge on any atom is 0.308 e. The zero-order valence-corrected chi connectivity index (χ0v) is 11.1. The second-order valence-electron chi connectivity index (χ2n) is 5.21. The molecule has 20 heavy (non-hydrogen) atoms. The Balaban J connectivity index is 1.94. The molecule has 0 spiro atoms. The minimum Gasteiger partial charge on any atom is -0.481 e. The van der Waals surface area contributed by atoms with E-state index in [1.807, 2.05) is 0 Å². The number of hydrogen-bond acceptors (Lipinski definition) is 2. The van der Waals surface area contributed by atoms with Crippen molar-refractivity contribution in [3.05, 3.63) is 35.6 Å². The second-order valence-corrected chi connectivity index (χ2v) is 5.21. The molecule has 1 amide bonds. The topological polar surface area (TPSA) is 66.4 Å². The Bertz CT molecular complexity index is 504. The first-order valence-corrected chi connectivity index (χ1v) is 6.83. The average Bonchev–Trinajstić information content (AvgIpc) is 2.38. The summed E-state index contributed by atoms with van der Waals surface area (Å²) in [5, 5.41) is 11.9. The average molecular weight is 279 g/mol. The van der Waals surface area contributed by atoms with Gasteiger partial charge in [-0.1, -0.05) is 25.0 Å². The summed E-state index contributed by atoms with van der Waals surface area (Å²) in [4.78, 5) is 23.1. The van der Waals surface area contributed by atoms with Gasteiger partial charge in [-0.05, 0) is 30.5 Å². The van der Waals surface area contributed by atoms with Gasteiger partial charge in [-0.25, -0.2) is 4.39 Å². The van der Waals surface area contributed by atoms with Gasteiger partial charge in [0.1, 0.15) is 5.82 Å². The standard InChI is InChI=1S/C15H18FNO3/c16-11-5-3-4-10(8-11)9-14(18)17-13-7-2-1-6-12(13)15(19)20/h3-5,8,12-13H,1-2,6-7,9H2,(H,17,18)(H,19,20). The van der Waals surface area contributed by atoms with Crippen molar-refractivity contribution in [2.75, 3.05) is 0 Å². The molecule has 1 saturated carbocycles. The van der Waals surface area contributed by atoms with E-state index in [2.05, 4.69) is 5.32 Å². The zero-order valence-electron chi connectivity index (χ0n) is 11.1. The number of nitrogens with one attached hydrogen (secondary N) is 1. The minimum atomic E-state index is -0.860. The number of carbonyl (C=O) groups excluding carboxylic acids is 1. The number of carboxylic acid groups (broad SMARTS) is 1. The maximum atomic E-state index is 13.0. The number of rotatable bonds is 4. The first-order chi connectivity index (χ1) is 9.56. The van der Waals surface area contributed by atoms with Gasteiger partial charge in [-0.15, -0.1) is 0 Å². The molecule has 0 bridgehead atoms. The molecule has 5 heteroatoms. The van der Waals surface area contributed by atoms with E-state index in [0.29, 0.717) is 18.4 Å². The molecule has 0 radical (unpaired) electrons. The van der Waals surface area contributed by atoms with Crippen LogP contribution in [0.2, 0.25) is 0 Å². The summed E-state index contributed by atoms with van der Waals surface area (Å²) in [6.07, 6.45) is 3.16. The second kappa shape index (κ2) is 6.50. The summed E-state index contributed by atoms with van der Waals surface area (Å²) in [6, 6.07) is 5.55. The van der Waals surface area contributed by atoms with E-state index in [1.54, 1.807) is 12.1 Å². The minimum absolute atomic E-state index is 0.0700. The molecule has 2 rings (SSSR count). The first-order valence-electron chi connectivity index (χ1n) is 6.83. The van der Waals surface area contributed by atoms with Gasteiger partial charge in [0.15, 0.2) is 0 Å². The van der Waals surface area contributed by atoms with Gasteiger partial charge in [0.05, 0.1) is 12.3 Å². The van der Waals surface area contributed by atoms with Crippen LogP contribution in [0.15, 0.2) is 24.3 Å². The van der Waals surface area contributed by atoms with E-state index in [-0.39, 0.29) is 24.2 Å². The fraction of sp³-hybridized carbons (Fsp3) is 0.467. The van der Waals surface area contributed by atoms with E-state index in [9.17, 15) is 14.0 Å². The highest BCUT2D eigenvalue weighted by atomic mass is 19.1. The van der Waals surface area contributed by atoms with Gasteiger partial charge in [-0.2, -0.15) is 0 Å². The highest BCUT2D eigenvalue weighted by Crippen LogP contribution is 2.24. The lowest BCUT2D eigenvalue weighted by atomic mass is 9.84. The van der Waals surface area contributed by atoms with Crippen molar-refractivity contribution in [3.63, 3.8) is 0 Å². The summed E-state index contributed by atoms with van der Waals surface area (Å²) in [7, 11) is 0. The Morgan fingerprint density at radius 3 is 2.75 bits per heavy atom. The first kappa shape index (κ1) is 14.5. The van der Waals surface area contributed by atoms with E-state index in [4.69, 9.17) is 5.11 Å². The summed E-state index contributed by atoms with van der Waals surface area (Å²) in [5.41, 5.74) is 0.588. The van der Waals surface area contributed by atoms with E-state index in [1.165, 1.54) is 12.1 Å². The smallest absolute Gasteiger partial charge is 0.308 e. The van der Waals surface area contributed by atoms with Crippen LogP contribution in [0.4, 0.5) is 4.39 Å². The van der Waals surface area contributed by atoms with Crippen molar-refractivity contribution < 1.29 is 19.1 Å². The Labute approximate surface area is 117 Å². The van der Waals surface area contributed by atoms with Gasteiger partial charge in [0, 0.05) is 6.04 Å². The lowest BCUT2D eigenvalue weighted by Crippen LogP contribution is -2.45. The highest BCUT2D eigenvalue weighted by Gasteiger charge is 2.31. The van der Waals surface area contributed by atoms with Gasteiger partial charge >= 0.3 is 5.97 Å². The molecule has 1 aliphatic rings. The summed E-state index contributed by atoms with van der Waals surface area (Å²) in [5.74, 6) is -2.01. The molecular formula is C15H18FNO3. The molecular weight excluding hydrogens is 261 g/mol. The van der Waals surface area contributed by atoms with Crippen LogP contribution >= 0.6 is 0 Å². The summed E-state index contributed by atoms with van der Waals surface area (Å²) in [6.45, 7) is 0. The largest absolute Gasteiger partial charge is 0.481 e.